The lowest BCUT2D eigenvalue weighted by Gasteiger charge is -2.08. The number of phenolic OH excluding ortho intramolecular Hbond substituents is 1. The van der Waals surface area contributed by atoms with Gasteiger partial charge in [0.05, 0.1) is 7.11 Å². The zero-order chi connectivity index (χ0) is 10.6. The molecular weight excluding hydrogens is 180 g/mol. The number of phenols is 1. The second-order valence-corrected chi connectivity index (χ2v) is 3.16. The van der Waals surface area contributed by atoms with Crippen LogP contribution in [0.15, 0.2) is 12.1 Å². The number of aromatic hydroxyl groups is 1. The molecule has 0 radical (unpaired) electrons. The van der Waals surface area contributed by atoms with E-state index in [1.807, 2.05) is 6.92 Å². The van der Waals surface area contributed by atoms with Crippen LogP contribution in [0.5, 0.6) is 11.5 Å². The first-order valence-electron chi connectivity index (χ1n) is 4.49. The van der Waals surface area contributed by atoms with Crippen molar-refractivity contribution in [2.45, 2.75) is 19.8 Å². The quantitative estimate of drug-likeness (QED) is 0.744. The van der Waals surface area contributed by atoms with E-state index in [2.05, 4.69) is 0 Å². The van der Waals surface area contributed by atoms with Gasteiger partial charge in [-0.2, -0.15) is 0 Å². The van der Waals surface area contributed by atoms with Crippen molar-refractivity contribution < 1.29 is 14.6 Å². The van der Waals surface area contributed by atoms with E-state index in [1.165, 1.54) is 0 Å². The Morgan fingerprint density at radius 1 is 1.50 bits per heavy atom. The Labute approximate surface area is 83.3 Å². The molecule has 14 heavy (non-hydrogen) atoms. The molecule has 0 aromatic heterocycles. The maximum absolute atomic E-state index is 10.2. The molecule has 0 heterocycles. The van der Waals surface area contributed by atoms with E-state index in [-0.39, 0.29) is 5.75 Å². The van der Waals surface area contributed by atoms with Gasteiger partial charge in [0.25, 0.3) is 0 Å². The summed E-state index contributed by atoms with van der Waals surface area (Å²) >= 11 is 0. The van der Waals surface area contributed by atoms with E-state index in [9.17, 15) is 9.90 Å². The molecule has 0 aliphatic heterocycles. The van der Waals surface area contributed by atoms with E-state index in [4.69, 9.17) is 4.74 Å². The Kier molecular flexibility index (Phi) is 3.51. The first-order valence-corrected chi connectivity index (χ1v) is 4.49. The zero-order valence-electron chi connectivity index (χ0n) is 8.41. The first kappa shape index (κ1) is 10.6. The molecule has 0 fully saturated rings. The number of hydrogen-bond acceptors (Lipinski definition) is 3. The third-order valence-corrected chi connectivity index (χ3v) is 2.13. The normalized spacial score (nSPS) is 9.86. The van der Waals surface area contributed by atoms with Crippen molar-refractivity contribution >= 4 is 6.29 Å². The summed E-state index contributed by atoms with van der Waals surface area (Å²) in [6.45, 7) is 1.86. The van der Waals surface area contributed by atoms with Gasteiger partial charge in [0.1, 0.15) is 17.8 Å². The number of rotatable bonds is 4. The molecule has 3 heteroatoms. The molecule has 0 unspecified atom stereocenters. The summed E-state index contributed by atoms with van der Waals surface area (Å²) in [5.74, 6) is 0.967. The highest BCUT2D eigenvalue weighted by atomic mass is 16.5. The number of benzene rings is 1. The lowest BCUT2D eigenvalue weighted by Crippen LogP contribution is -1.92. The van der Waals surface area contributed by atoms with Gasteiger partial charge in [-0.3, -0.25) is 0 Å². The molecule has 0 spiro atoms. The number of aryl methyl sites for hydroxylation is 2. The fourth-order valence-electron chi connectivity index (χ4n) is 1.35. The van der Waals surface area contributed by atoms with Gasteiger partial charge in [-0.05, 0) is 36.6 Å². The lowest BCUT2D eigenvalue weighted by molar-refractivity contribution is -0.107. The van der Waals surface area contributed by atoms with E-state index in [0.29, 0.717) is 12.8 Å². The van der Waals surface area contributed by atoms with Gasteiger partial charge in [-0.15, -0.1) is 0 Å². The topological polar surface area (TPSA) is 46.5 Å². The van der Waals surface area contributed by atoms with Gasteiger partial charge < -0.3 is 14.6 Å². The van der Waals surface area contributed by atoms with Crippen LogP contribution in [0, 0.1) is 6.92 Å². The minimum Gasteiger partial charge on any atom is -0.508 e. The Morgan fingerprint density at radius 2 is 2.21 bits per heavy atom. The van der Waals surface area contributed by atoms with Crippen molar-refractivity contribution in [3.63, 3.8) is 0 Å². The van der Waals surface area contributed by atoms with Crippen molar-refractivity contribution in [1.82, 2.24) is 0 Å². The van der Waals surface area contributed by atoms with Gasteiger partial charge in [0, 0.05) is 6.42 Å². The molecule has 1 aromatic carbocycles. The number of methoxy groups -OCH3 is 1. The summed E-state index contributed by atoms with van der Waals surface area (Å²) in [5.41, 5.74) is 1.64. The molecule has 1 aromatic rings. The summed E-state index contributed by atoms with van der Waals surface area (Å²) in [6, 6.07) is 3.42. The number of ether oxygens (including phenoxy) is 1. The number of carbonyl (C=O) groups is 1. The predicted molar refractivity (Wildman–Crippen MR) is 53.8 cm³/mol. The van der Waals surface area contributed by atoms with Gasteiger partial charge in [-0.1, -0.05) is 0 Å². The van der Waals surface area contributed by atoms with Gasteiger partial charge in [0.15, 0.2) is 0 Å². The van der Waals surface area contributed by atoms with Crippen LogP contribution < -0.4 is 4.74 Å². The summed E-state index contributed by atoms with van der Waals surface area (Å²) < 4.78 is 5.12. The van der Waals surface area contributed by atoms with E-state index in [0.717, 1.165) is 23.2 Å². The van der Waals surface area contributed by atoms with Crippen LogP contribution in [0.25, 0.3) is 0 Å². The summed E-state index contributed by atoms with van der Waals surface area (Å²) in [6.07, 6.45) is 1.80. The van der Waals surface area contributed by atoms with Gasteiger partial charge >= 0.3 is 0 Å². The largest absolute Gasteiger partial charge is 0.508 e. The van der Waals surface area contributed by atoms with Crippen molar-refractivity contribution in [3.05, 3.63) is 23.3 Å². The van der Waals surface area contributed by atoms with Crippen LogP contribution in [0.4, 0.5) is 0 Å². The number of carbonyl (C=O) groups excluding carboxylic acids is 1. The first-order chi connectivity index (χ1) is 6.69. The van der Waals surface area contributed by atoms with Crippen LogP contribution in [-0.4, -0.2) is 18.5 Å². The Bertz CT molecular complexity index is 332. The highest BCUT2D eigenvalue weighted by Crippen LogP contribution is 2.27. The maximum Gasteiger partial charge on any atom is 0.122 e. The number of hydrogen-bond donors (Lipinski definition) is 1. The molecule has 0 aliphatic carbocycles. The molecule has 0 saturated carbocycles. The minimum absolute atomic E-state index is 0.227. The molecule has 0 amide bonds. The second-order valence-electron chi connectivity index (χ2n) is 3.16. The Hall–Kier alpha value is -1.51. The fraction of sp³-hybridized carbons (Fsp3) is 0.364. The maximum atomic E-state index is 10.2. The summed E-state index contributed by atoms with van der Waals surface area (Å²) in [4.78, 5) is 10.2. The molecule has 0 bridgehead atoms. The van der Waals surface area contributed by atoms with Crippen LogP contribution in [0.2, 0.25) is 0 Å². The van der Waals surface area contributed by atoms with Crippen molar-refractivity contribution in [3.8, 4) is 11.5 Å². The monoisotopic (exact) mass is 194 g/mol. The summed E-state index contributed by atoms with van der Waals surface area (Å²) in [7, 11) is 1.59. The molecule has 76 valence electrons. The molecule has 3 nitrogen and oxygen atoms in total. The lowest BCUT2D eigenvalue weighted by atomic mass is 10.1. The van der Waals surface area contributed by atoms with Gasteiger partial charge in [0.2, 0.25) is 0 Å². The van der Waals surface area contributed by atoms with Crippen LogP contribution >= 0.6 is 0 Å². The van der Waals surface area contributed by atoms with E-state index in [1.54, 1.807) is 19.2 Å². The van der Waals surface area contributed by atoms with Crippen LogP contribution in [0.1, 0.15) is 17.5 Å². The van der Waals surface area contributed by atoms with Crippen molar-refractivity contribution in [2.75, 3.05) is 7.11 Å². The summed E-state index contributed by atoms with van der Waals surface area (Å²) in [5, 5.41) is 9.57. The molecular formula is C11H14O3. The van der Waals surface area contributed by atoms with Crippen molar-refractivity contribution in [1.29, 1.82) is 0 Å². The number of aldehydes is 1. The highest BCUT2D eigenvalue weighted by Gasteiger charge is 2.06. The Morgan fingerprint density at radius 3 is 2.79 bits per heavy atom. The van der Waals surface area contributed by atoms with E-state index >= 15 is 0 Å². The van der Waals surface area contributed by atoms with Crippen LogP contribution in [0.3, 0.4) is 0 Å². The zero-order valence-corrected chi connectivity index (χ0v) is 8.41. The smallest absolute Gasteiger partial charge is 0.122 e. The molecule has 1 N–H and O–H groups in total. The highest BCUT2D eigenvalue weighted by molar-refractivity contribution is 5.52. The SMILES string of the molecule is COc1cc(CCC=O)c(O)cc1C. The fourth-order valence-corrected chi connectivity index (χ4v) is 1.35. The second kappa shape index (κ2) is 4.65. The average Bonchev–Trinajstić information content (AvgIpc) is 2.17. The molecule has 0 atom stereocenters. The van der Waals surface area contributed by atoms with Gasteiger partial charge in [-0.25, -0.2) is 0 Å². The Balaban J connectivity index is 2.98. The molecule has 0 aliphatic rings. The standard InChI is InChI=1S/C11H14O3/c1-8-6-10(13)9(4-3-5-12)7-11(8)14-2/h5-7,13H,3-4H2,1-2H3. The third-order valence-electron chi connectivity index (χ3n) is 2.13. The average molecular weight is 194 g/mol. The minimum atomic E-state index is 0.227. The van der Waals surface area contributed by atoms with Crippen LogP contribution in [-0.2, 0) is 11.2 Å². The molecule has 0 saturated heterocycles. The molecule has 1 rings (SSSR count). The van der Waals surface area contributed by atoms with E-state index < -0.39 is 0 Å². The third kappa shape index (κ3) is 2.25. The van der Waals surface area contributed by atoms with Crippen molar-refractivity contribution in [2.24, 2.45) is 0 Å². The predicted octanol–water partition coefficient (Wildman–Crippen LogP) is 1.84.